The zero-order chi connectivity index (χ0) is 22.9. The Morgan fingerprint density at radius 1 is 1.06 bits per heavy atom. The van der Waals surface area contributed by atoms with Crippen molar-refractivity contribution in [2.75, 3.05) is 26.3 Å². The van der Waals surface area contributed by atoms with Crippen molar-refractivity contribution in [3.05, 3.63) is 58.1 Å². The Labute approximate surface area is 198 Å². The number of halogens is 2. The fraction of sp³-hybridized carbons (Fsp3) is 0.417. The summed E-state index contributed by atoms with van der Waals surface area (Å²) in [6.07, 6.45) is 2.95. The zero-order valence-electron chi connectivity index (χ0n) is 18.1. The molecule has 0 aliphatic carbocycles. The molecule has 0 bridgehead atoms. The Morgan fingerprint density at radius 3 is 2.53 bits per heavy atom. The lowest BCUT2D eigenvalue weighted by atomic mass is 10.0. The molecule has 2 amide bonds. The Hall–Kier alpha value is -2.44. The molecule has 3 rings (SSSR count). The summed E-state index contributed by atoms with van der Waals surface area (Å²) in [6.45, 7) is 3.79. The van der Waals surface area contributed by atoms with Gasteiger partial charge in [-0.1, -0.05) is 48.3 Å². The number of carbonyl (C=O) groups is 2. The highest BCUT2D eigenvalue weighted by Crippen LogP contribution is 2.28. The molecule has 1 N–H and O–H groups in total. The van der Waals surface area contributed by atoms with Gasteiger partial charge < -0.3 is 19.7 Å². The average molecular weight is 479 g/mol. The summed E-state index contributed by atoms with van der Waals surface area (Å²) in [5, 5.41) is 3.88. The molecule has 6 nitrogen and oxygen atoms in total. The van der Waals surface area contributed by atoms with Gasteiger partial charge in [0.25, 0.3) is 5.91 Å². The Kier molecular flexibility index (Phi) is 9.06. The standard InChI is InChI=1S/C24H28Cl2N2O4/c1-2-21(27-23(29)11-14-31-17-9-10-19(25)20(26)15-17)18-7-3-4-8-22(18)32-16-24(30)28-12-5-6-13-28/h3-4,7-10,15,21H,2,5-6,11-14,16H2,1H3,(H,27,29). The van der Waals surface area contributed by atoms with Crippen LogP contribution in [-0.4, -0.2) is 43.0 Å². The van der Waals surface area contributed by atoms with E-state index in [4.69, 9.17) is 32.7 Å². The van der Waals surface area contributed by atoms with Crippen molar-refractivity contribution in [2.24, 2.45) is 0 Å². The smallest absolute Gasteiger partial charge is 0.260 e. The van der Waals surface area contributed by atoms with Crippen LogP contribution in [0, 0.1) is 0 Å². The van der Waals surface area contributed by atoms with E-state index in [1.54, 1.807) is 18.2 Å². The molecule has 2 aromatic carbocycles. The predicted octanol–water partition coefficient (Wildman–Crippen LogP) is 5.03. The lowest BCUT2D eigenvalue weighted by molar-refractivity contribution is -0.132. The molecule has 1 aliphatic heterocycles. The normalized spacial score (nSPS) is 14.2. The number of hydrogen-bond donors (Lipinski definition) is 1. The first-order chi connectivity index (χ1) is 15.5. The fourth-order valence-corrected chi connectivity index (χ4v) is 3.88. The van der Waals surface area contributed by atoms with Crippen molar-refractivity contribution in [3.8, 4) is 11.5 Å². The van der Waals surface area contributed by atoms with Gasteiger partial charge in [0.1, 0.15) is 11.5 Å². The van der Waals surface area contributed by atoms with Crippen LogP contribution in [0.4, 0.5) is 0 Å². The summed E-state index contributed by atoms with van der Waals surface area (Å²) in [4.78, 5) is 26.7. The van der Waals surface area contributed by atoms with Gasteiger partial charge in [0.15, 0.2) is 6.61 Å². The van der Waals surface area contributed by atoms with Gasteiger partial charge in [0, 0.05) is 24.7 Å². The molecule has 1 aliphatic rings. The van der Waals surface area contributed by atoms with Crippen LogP contribution < -0.4 is 14.8 Å². The largest absolute Gasteiger partial charge is 0.493 e. The Morgan fingerprint density at radius 2 is 1.81 bits per heavy atom. The summed E-state index contributed by atoms with van der Waals surface area (Å²) in [5.74, 6) is 1.02. The van der Waals surface area contributed by atoms with E-state index in [2.05, 4.69) is 5.32 Å². The lowest BCUT2D eigenvalue weighted by Gasteiger charge is -2.22. The lowest BCUT2D eigenvalue weighted by Crippen LogP contribution is -2.33. The van der Waals surface area contributed by atoms with Crippen LogP contribution in [0.5, 0.6) is 11.5 Å². The van der Waals surface area contributed by atoms with Gasteiger partial charge >= 0.3 is 0 Å². The van der Waals surface area contributed by atoms with Crippen molar-refractivity contribution in [3.63, 3.8) is 0 Å². The summed E-state index contributed by atoms with van der Waals surface area (Å²) < 4.78 is 11.4. The molecule has 8 heteroatoms. The minimum Gasteiger partial charge on any atom is -0.493 e. The van der Waals surface area contributed by atoms with Crippen LogP contribution in [0.2, 0.25) is 10.0 Å². The molecular formula is C24H28Cl2N2O4. The summed E-state index contributed by atoms with van der Waals surface area (Å²) in [7, 11) is 0. The van der Waals surface area contributed by atoms with Gasteiger partial charge in [-0.25, -0.2) is 0 Å². The number of likely N-dealkylation sites (tertiary alicyclic amines) is 1. The molecule has 0 spiro atoms. The molecule has 32 heavy (non-hydrogen) atoms. The monoisotopic (exact) mass is 478 g/mol. The summed E-state index contributed by atoms with van der Waals surface area (Å²) in [6, 6.07) is 12.2. The van der Waals surface area contributed by atoms with Crippen LogP contribution in [0.3, 0.4) is 0 Å². The Bertz CT molecular complexity index is 932. The number of ether oxygens (including phenoxy) is 2. The van der Waals surface area contributed by atoms with E-state index in [-0.39, 0.29) is 37.5 Å². The number of benzene rings is 2. The molecular weight excluding hydrogens is 451 g/mol. The number of para-hydroxylation sites is 1. The van der Waals surface area contributed by atoms with Crippen molar-refractivity contribution in [1.29, 1.82) is 0 Å². The molecule has 1 fully saturated rings. The van der Waals surface area contributed by atoms with E-state index in [0.29, 0.717) is 28.0 Å². The van der Waals surface area contributed by atoms with Crippen molar-refractivity contribution in [2.45, 2.75) is 38.6 Å². The zero-order valence-corrected chi connectivity index (χ0v) is 19.6. The van der Waals surface area contributed by atoms with E-state index in [1.165, 1.54) is 0 Å². The molecule has 0 aromatic heterocycles. The van der Waals surface area contributed by atoms with Crippen LogP contribution in [0.1, 0.15) is 44.2 Å². The van der Waals surface area contributed by atoms with Gasteiger partial charge in [-0.3, -0.25) is 9.59 Å². The van der Waals surface area contributed by atoms with Crippen molar-refractivity contribution >= 4 is 35.0 Å². The number of hydrogen-bond acceptors (Lipinski definition) is 4. The van der Waals surface area contributed by atoms with Gasteiger partial charge in [-0.05, 0) is 37.5 Å². The van der Waals surface area contributed by atoms with Crippen LogP contribution in [0.15, 0.2) is 42.5 Å². The van der Waals surface area contributed by atoms with Crippen molar-refractivity contribution in [1.82, 2.24) is 10.2 Å². The van der Waals surface area contributed by atoms with Crippen LogP contribution in [0.25, 0.3) is 0 Å². The average Bonchev–Trinajstić information content (AvgIpc) is 3.34. The number of carbonyl (C=O) groups excluding carboxylic acids is 2. The molecule has 1 atom stereocenters. The van der Waals surface area contributed by atoms with Gasteiger partial charge in [-0.2, -0.15) is 0 Å². The quantitative estimate of drug-likeness (QED) is 0.519. The SMILES string of the molecule is CCC(NC(=O)CCOc1ccc(Cl)c(Cl)c1)c1ccccc1OCC(=O)N1CCCC1. The fourth-order valence-electron chi connectivity index (χ4n) is 3.59. The Balaban J connectivity index is 1.53. The maximum Gasteiger partial charge on any atom is 0.260 e. The number of amides is 2. The van der Waals surface area contributed by atoms with Crippen LogP contribution >= 0.6 is 23.2 Å². The van der Waals surface area contributed by atoms with Crippen LogP contribution in [-0.2, 0) is 9.59 Å². The minimum atomic E-state index is -0.231. The van der Waals surface area contributed by atoms with E-state index in [1.807, 2.05) is 36.1 Å². The molecule has 1 saturated heterocycles. The van der Waals surface area contributed by atoms with E-state index in [9.17, 15) is 9.59 Å². The highest BCUT2D eigenvalue weighted by molar-refractivity contribution is 6.42. The third-order valence-electron chi connectivity index (χ3n) is 5.34. The van der Waals surface area contributed by atoms with Crippen molar-refractivity contribution < 1.29 is 19.1 Å². The second-order valence-corrected chi connectivity index (χ2v) is 8.43. The second-order valence-electron chi connectivity index (χ2n) is 7.62. The van der Waals surface area contributed by atoms with Gasteiger partial charge in [0.05, 0.1) is 29.1 Å². The maximum atomic E-state index is 12.5. The first-order valence-corrected chi connectivity index (χ1v) is 11.6. The first-order valence-electron chi connectivity index (χ1n) is 10.8. The first kappa shape index (κ1) is 24.2. The molecule has 172 valence electrons. The maximum absolute atomic E-state index is 12.5. The highest BCUT2D eigenvalue weighted by atomic mass is 35.5. The molecule has 1 unspecified atom stereocenters. The topological polar surface area (TPSA) is 67.9 Å². The summed E-state index contributed by atoms with van der Waals surface area (Å²) >= 11 is 11.9. The predicted molar refractivity (Wildman–Crippen MR) is 125 cm³/mol. The number of nitrogens with one attached hydrogen (secondary N) is 1. The number of nitrogens with zero attached hydrogens (tertiary/aromatic N) is 1. The third-order valence-corrected chi connectivity index (χ3v) is 6.08. The van der Waals surface area contributed by atoms with E-state index < -0.39 is 0 Å². The molecule has 0 saturated carbocycles. The van der Waals surface area contributed by atoms with Gasteiger partial charge in [0.2, 0.25) is 5.91 Å². The number of rotatable bonds is 10. The summed E-state index contributed by atoms with van der Waals surface area (Å²) in [5.41, 5.74) is 0.850. The van der Waals surface area contributed by atoms with E-state index >= 15 is 0 Å². The molecule has 0 radical (unpaired) electrons. The van der Waals surface area contributed by atoms with E-state index in [0.717, 1.165) is 31.5 Å². The highest BCUT2D eigenvalue weighted by Gasteiger charge is 2.21. The van der Waals surface area contributed by atoms with Gasteiger partial charge in [-0.15, -0.1) is 0 Å². The second kappa shape index (κ2) is 12.0. The molecule has 1 heterocycles. The molecule has 2 aromatic rings. The third kappa shape index (κ3) is 6.78. The minimum absolute atomic E-state index is 0.00111.